The largest absolute Gasteiger partial charge is 0.435 e. The highest BCUT2D eigenvalue weighted by atomic mass is 32.1. The lowest BCUT2D eigenvalue weighted by atomic mass is 10.1. The van der Waals surface area contributed by atoms with E-state index < -0.39 is 0 Å². The first-order chi connectivity index (χ1) is 16.2. The van der Waals surface area contributed by atoms with Crippen molar-refractivity contribution in [2.75, 3.05) is 0 Å². The number of nitrogens with zero attached hydrogens (tertiary/aromatic N) is 2. The van der Waals surface area contributed by atoms with Gasteiger partial charge in [-0.1, -0.05) is 26.2 Å². The SMILES string of the molecule is CCCCCCc1ccc(-c2nc3ccc4c(ccc5nc(-c6ccc(C)s6)oc54)c3o2)s1. The maximum absolute atomic E-state index is 6.31. The van der Waals surface area contributed by atoms with E-state index in [0.29, 0.717) is 11.8 Å². The number of oxazole rings is 2. The summed E-state index contributed by atoms with van der Waals surface area (Å²) in [5.41, 5.74) is 3.31. The summed E-state index contributed by atoms with van der Waals surface area (Å²) in [6.07, 6.45) is 6.24. The molecule has 0 saturated heterocycles. The number of aromatic nitrogens is 2. The van der Waals surface area contributed by atoms with Crippen molar-refractivity contribution in [3.63, 3.8) is 0 Å². The summed E-state index contributed by atoms with van der Waals surface area (Å²) in [6, 6.07) is 16.7. The summed E-state index contributed by atoms with van der Waals surface area (Å²) in [4.78, 5) is 14.3. The fraction of sp³-hybridized carbons (Fsp3) is 0.259. The maximum atomic E-state index is 6.31. The number of rotatable bonds is 7. The van der Waals surface area contributed by atoms with E-state index in [-0.39, 0.29) is 0 Å². The Balaban J connectivity index is 1.37. The zero-order valence-electron chi connectivity index (χ0n) is 18.7. The molecule has 6 rings (SSSR count). The molecule has 0 fully saturated rings. The molecule has 0 radical (unpaired) electrons. The van der Waals surface area contributed by atoms with Crippen molar-refractivity contribution >= 4 is 55.6 Å². The monoisotopic (exact) mass is 472 g/mol. The van der Waals surface area contributed by atoms with Crippen LogP contribution in [0.15, 0.2) is 57.4 Å². The van der Waals surface area contributed by atoms with Crippen LogP contribution in [-0.2, 0) is 6.42 Å². The topological polar surface area (TPSA) is 52.1 Å². The van der Waals surface area contributed by atoms with E-state index >= 15 is 0 Å². The minimum atomic E-state index is 0.666. The van der Waals surface area contributed by atoms with Gasteiger partial charge in [0, 0.05) is 20.5 Å². The second kappa shape index (κ2) is 8.43. The molecular weight excluding hydrogens is 448 g/mol. The molecule has 0 atom stereocenters. The molecule has 2 aromatic carbocycles. The summed E-state index contributed by atoms with van der Waals surface area (Å²) < 4.78 is 12.5. The van der Waals surface area contributed by atoms with Crippen LogP contribution in [0, 0.1) is 6.92 Å². The number of aryl methyl sites for hydroxylation is 2. The standard InChI is InChI=1S/C27H24N2O2S2/c1-3-4-5-6-7-17-9-15-23(33-17)27-29-21-13-11-18-19(25(21)31-27)10-12-20-24(18)30-26(28-20)22-14-8-16(2)32-22/h8-15H,3-7H2,1-2H3. The smallest absolute Gasteiger partial charge is 0.237 e. The summed E-state index contributed by atoms with van der Waals surface area (Å²) in [5, 5.41) is 2.00. The fourth-order valence-electron chi connectivity index (χ4n) is 4.29. The average Bonchev–Trinajstić information content (AvgIpc) is 3.61. The highest BCUT2D eigenvalue weighted by Crippen LogP contribution is 2.38. The molecule has 0 aliphatic rings. The number of thiophene rings is 2. The van der Waals surface area contributed by atoms with Gasteiger partial charge < -0.3 is 8.83 Å². The molecule has 4 nitrogen and oxygen atoms in total. The molecule has 0 saturated carbocycles. The second-order valence-corrected chi connectivity index (χ2v) is 10.9. The molecule has 0 N–H and O–H groups in total. The Hall–Kier alpha value is -2.96. The summed E-state index contributed by atoms with van der Waals surface area (Å²) in [7, 11) is 0. The Morgan fingerprint density at radius 2 is 1.33 bits per heavy atom. The number of hydrogen-bond donors (Lipinski definition) is 0. The third kappa shape index (κ3) is 3.77. The van der Waals surface area contributed by atoms with Gasteiger partial charge in [0.25, 0.3) is 0 Å². The van der Waals surface area contributed by atoms with E-state index in [2.05, 4.69) is 50.2 Å². The van der Waals surface area contributed by atoms with Gasteiger partial charge in [-0.05, 0) is 68.3 Å². The van der Waals surface area contributed by atoms with Crippen molar-refractivity contribution < 1.29 is 8.83 Å². The van der Waals surface area contributed by atoms with E-state index in [1.165, 1.54) is 35.4 Å². The predicted molar refractivity (Wildman–Crippen MR) is 138 cm³/mol. The van der Waals surface area contributed by atoms with Crippen LogP contribution in [0.5, 0.6) is 0 Å². The number of hydrogen-bond acceptors (Lipinski definition) is 6. The van der Waals surface area contributed by atoms with E-state index in [9.17, 15) is 0 Å². The lowest BCUT2D eigenvalue weighted by molar-refractivity contribution is 0.622. The third-order valence-corrected chi connectivity index (χ3v) is 8.12. The molecular formula is C27H24N2O2S2. The minimum absolute atomic E-state index is 0.666. The molecule has 0 amide bonds. The molecule has 4 heterocycles. The first-order valence-electron chi connectivity index (χ1n) is 11.5. The van der Waals surface area contributed by atoms with Crippen LogP contribution >= 0.6 is 22.7 Å². The van der Waals surface area contributed by atoms with E-state index in [0.717, 1.165) is 49.1 Å². The molecule has 0 unspecified atom stereocenters. The van der Waals surface area contributed by atoms with Crippen molar-refractivity contribution in [3.8, 4) is 21.5 Å². The van der Waals surface area contributed by atoms with Crippen LogP contribution in [0.4, 0.5) is 0 Å². The summed E-state index contributed by atoms with van der Waals surface area (Å²) >= 11 is 3.48. The van der Waals surface area contributed by atoms with E-state index in [1.54, 1.807) is 22.7 Å². The first kappa shape index (κ1) is 20.6. The fourth-order valence-corrected chi connectivity index (χ4v) is 6.06. The summed E-state index contributed by atoms with van der Waals surface area (Å²) in [6.45, 7) is 4.34. The molecule has 0 bridgehead atoms. The van der Waals surface area contributed by atoms with Crippen LogP contribution in [-0.4, -0.2) is 9.97 Å². The van der Waals surface area contributed by atoms with Crippen LogP contribution in [0.3, 0.4) is 0 Å². The Morgan fingerprint density at radius 3 is 1.94 bits per heavy atom. The molecule has 6 aromatic rings. The molecule has 0 aliphatic carbocycles. The zero-order chi connectivity index (χ0) is 22.4. The Labute approximate surface area is 199 Å². The lowest BCUT2D eigenvalue weighted by Gasteiger charge is -1.98. The Bertz CT molecular complexity index is 1580. The highest BCUT2D eigenvalue weighted by molar-refractivity contribution is 7.15. The quantitative estimate of drug-likeness (QED) is 0.217. The predicted octanol–water partition coefficient (Wildman–Crippen LogP) is 9.01. The first-order valence-corrected chi connectivity index (χ1v) is 13.1. The van der Waals surface area contributed by atoms with E-state index in [1.807, 2.05) is 12.1 Å². The van der Waals surface area contributed by atoms with Gasteiger partial charge in [-0.15, -0.1) is 22.7 Å². The minimum Gasteiger partial charge on any atom is -0.435 e. The van der Waals surface area contributed by atoms with Gasteiger partial charge >= 0.3 is 0 Å². The van der Waals surface area contributed by atoms with Crippen LogP contribution < -0.4 is 0 Å². The van der Waals surface area contributed by atoms with Gasteiger partial charge in [0.05, 0.1) is 9.75 Å². The lowest BCUT2D eigenvalue weighted by Crippen LogP contribution is -1.80. The molecule has 0 aliphatic heterocycles. The Kier molecular flexibility index (Phi) is 5.27. The van der Waals surface area contributed by atoms with Gasteiger partial charge in [-0.3, -0.25) is 0 Å². The van der Waals surface area contributed by atoms with Gasteiger partial charge in [0.2, 0.25) is 11.8 Å². The van der Waals surface area contributed by atoms with Crippen molar-refractivity contribution in [2.24, 2.45) is 0 Å². The van der Waals surface area contributed by atoms with Crippen LogP contribution in [0.2, 0.25) is 0 Å². The normalized spacial score (nSPS) is 11.9. The van der Waals surface area contributed by atoms with Gasteiger partial charge in [-0.2, -0.15) is 0 Å². The zero-order valence-corrected chi connectivity index (χ0v) is 20.3. The van der Waals surface area contributed by atoms with Crippen LogP contribution in [0.1, 0.15) is 42.4 Å². The van der Waals surface area contributed by atoms with Gasteiger partial charge in [-0.25, -0.2) is 9.97 Å². The van der Waals surface area contributed by atoms with E-state index in [4.69, 9.17) is 18.8 Å². The van der Waals surface area contributed by atoms with Gasteiger partial charge in [0.1, 0.15) is 11.0 Å². The molecule has 33 heavy (non-hydrogen) atoms. The second-order valence-electron chi connectivity index (χ2n) is 8.45. The third-order valence-electron chi connectivity index (χ3n) is 6.00. The molecule has 4 aromatic heterocycles. The highest BCUT2D eigenvalue weighted by Gasteiger charge is 2.17. The number of unbranched alkanes of at least 4 members (excludes halogenated alkanes) is 3. The van der Waals surface area contributed by atoms with Gasteiger partial charge in [0.15, 0.2) is 11.2 Å². The van der Waals surface area contributed by atoms with Crippen molar-refractivity contribution in [2.45, 2.75) is 46.0 Å². The summed E-state index contributed by atoms with van der Waals surface area (Å²) in [5.74, 6) is 1.36. The van der Waals surface area contributed by atoms with Crippen molar-refractivity contribution in [1.82, 2.24) is 9.97 Å². The van der Waals surface area contributed by atoms with Crippen LogP contribution in [0.25, 0.3) is 54.5 Å². The number of fused-ring (bicyclic) bond motifs is 5. The molecule has 166 valence electrons. The average molecular weight is 473 g/mol. The maximum Gasteiger partial charge on any atom is 0.237 e. The number of benzene rings is 2. The molecule has 0 spiro atoms. The Morgan fingerprint density at radius 1 is 0.697 bits per heavy atom. The molecule has 6 heteroatoms. The van der Waals surface area contributed by atoms with Crippen molar-refractivity contribution in [1.29, 1.82) is 0 Å². The van der Waals surface area contributed by atoms with Crippen molar-refractivity contribution in [3.05, 3.63) is 58.3 Å².